The van der Waals surface area contributed by atoms with Crippen LogP contribution in [-0.2, 0) is 13.1 Å². The fraction of sp³-hybridized carbons (Fsp3) is 0.350. The van der Waals surface area contributed by atoms with Crippen LogP contribution < -0.4 is 10.1 Å². The minimum atomic E-state index is 0.354. The number of benzene rings is 1. The Hall–Kier alpha value is -2.33. The summed E-state index contributed by atoms with van der Waals surface area (Å²) < 4.78 is 5.98. The summed E-state index contributed by atoms with van der Waals surface area (Å²) in [5.74, 6) is 0.758. The van der Waals surface area contributed by atoms with E-state index in [1.54, 1.807) is 0 Å². The zero-order valence-corrected chi connectivity index (χ0v) is 13.8. The molecule has 24 heavy (non-hydrogen) atoms. The Balaban J connectivity index is 1.36. The maximum atomic E-state index is 5.98. The Labute approximate surface area is 142 Å². The number of aromatic amines is 1. The molecule has 1 aliphatic carbocycles. The van der Waals surface area contributed by atoms with Crippen molar-refractivity contribution < 1.29 is 4.74 Å². The standard InChI is InChI=1S/C20H23N3O/c1-2-6-17(5-1)24-20-12-15(8-10-23-20)13-21-14-16-4-3-7-19-18(16)9-11-22-19/h3-4,7-12,17,21-22H,1-2,5-6,13-14H2. The molecule has 0 atom stereocenters. The Kier molecular flexibility index (Phi) is 4.47. The van der Waals surface area contributed by atoms with Crippen LogP contribution in [0.4, 0.5) is 0 Å². The van der Waals surface area contributed by atoms with E-state index in [1.807, 2.05) is 18.5 Å². The van der Waals surface area contributed by atoms with Gasteiger partial charge in [0.25, 0.3) is 0 Å². The summed E-state index contributed by atoms with van der Waals surface area (Å²) in [4.78, 5) is 7.61. The van der Waals surface area contributed by atoms with Crippen molar-refractivity contribution in [1.82, 2.24) is 15.3 Å². The van der Waals surface area contributed by atoms with Gasteiger partial charge in [0.1, 0.15) is 6.10 Å². The number of nitrogens with zero attached hydrogens (tertiary/aromatic N) is 1. The van der Waals surface area contributed by atoms with Gasteiger partial charge >= 0.3 is 0 Å². The summed E-state index contributed by atoms with van der Waals surface area (Å²) in [6.45, 7) is 1.65. The van der Waals surface area contributed by atoms with Gasteiger partial charge in [-0.3, -0.25) is 0 Å². The van der Waals surface area contributed by atoms with Crippen LogP contribution in [-0.4, -0.2) is 16.1 Å². The summed E-state index contributed by atoms with van der Waals surface area (Å²) >= 11 is 0. The molecule has 1 fully saturated rings. The average Bonchev–Trinajstić information content (AvgIpc) is 3.27. The van der Waals surface area contributed by atoms with Crippen LogP contribution in [0.5, 0.6) is 5.88 Å². The molecule has 0 radical (unpaired) electrons. The van der Waals surface area contributed by atoms with Gasteiger partial charge in [-0.25, -0.2) is 4.98 Å². The first-order chi connectivity index (χ1) is 11.9. The van der Waals surface area contributed by atoms with E-state index in [4.69, 9.17) is 4.74 Å². The Bertz CT molecular complexity index is 805. The van der Waals surface area contributed by atoms with E-state index >= 15 is 0 Å². The highest BCUT2D eigenvalue weighted by Crippen LogP contribution is 2.23. The number of ether oxygens (including phenoxy) is 1. The zero-order chi connectivity index (χ0) is 16.2. The predicted octanol–water partition coefficient (Wildman–Crippen LogP) is 4.17. The van der Waals surface area contributed by atoms with Crippen LogP contribution in [0.1, 0.15) is 36.8 Å². The molecule has 0 amide bonds. The average molecular weight is 321 g/mol. The summed E-state index contributed by atoms with van der Waals surface area (Å²) in [6.07, 6.45) is 9.05. The third-order valence-corrected chi connectivity index (χ3v) is 4.72. The normalized spacial score (nSPS) is 15.2. The number of aromatic nitrogens is 2. The van der Waals surface area contributed by atoms with Crippen molar-refractivity contribution in [1.29, 1.82) is 0 Å². The molecular weight excluding hydrogens is 298 g/mol. The van der Waals surface area contributed by atoms with E-state index in [2.05, 4.69) is 45.6 Å². The second-order valence-electron chi connectivity index (χ2n) is 6.49. The first-order valence-corrected chi connectivity index (χ1v) is 8.76. The van der Waals surface area contributed by atoms with Gasteiger partial charge in [0.2, 0.25) is 5.88 Å². The van der Waals surface area contributed by atoms with Crippen molar-refractivity contribution >= 4 is 10.9 Å². The van der Waals surface area contributed by atoms with Gasteiger partial charge < -0.3 is 15.0 Å². The summed E-state index contributed by atoms with van der Waals surface area (Å²) in [6, 6.07) is 12.6. The van der Waals surface area contributed by atoms with Gasteiger partial charge in [0.05, 0.1) is 0 Å². The molecule has 0 aliphatic heterocycles. The molecule has 0 saturated heterocycles. The van der Waals surface area contributed by atoms with Crippen LogP contribution >= 0.6 is 0 Å². The van der Waals surface area contributed by atoms with Gasteiger partial charge in [-0.2, -0.15) is 0 Å². The fourth-order valence-electron chi connectivity index (χ4n) is 3.45. The molecule has 0 unspecified atom stereocenters. The SMILES string of the molecule is c1cc(CNCc2ccnc(OC3CCCC3)c2)c2cc[nH]c2c1. The van der Waals surface area contributed by atoms with E-state index in [0.29, 0.717) is 6.10 Å². The molecule has 4 rings (SSSR count). The van der Waals surface area contributed by atoms with Crippen LogP contribution in [0.15, 0.2) is 48.8 Å². The van der Waals surface area contributed by atoms with Crippen LogP contribution in [0.25, 0.3) is 10.9 Å². The quantitative estimate of drug-likeness (QED) is 0.716. The molecule has 124 valence electrons. The molecule has 1 aromatic carbocycles. The maximum Gasteiger partial charge on any atom is 0.213 e. The number of nitrogens with one attached hydrogen (secondary N) is 2. The zero-order valence-electron chi connectivity index (χ0n) is 13.8. The van der Waals surface area contributed by atoms with E-state index in [1.165, 1.54) is 34.9 Å². The van der Waals surface area contributed by atoms with Gasteiger partial charge in [-0.05, 0) is 55.0 Å². The lowest BCUT2D eigenvalue weighted by atomic mass is 10.1. The lowest BCUT2D eigenvalue weighted by Crippen LogP contribution is -2.14. The number of rotatable bonds is 6. The molecule has 1 saturated carbocycles. The molecule has 0 bridgehead atoms. The smallest absolute Gasteiger partial charge is 0.213 e. The molecule has 2 N–H and O–H groups in total. The third-order valence-electron chi connectivity index (χ3n) is 4.72. The first kappa shape index (κ1) is 15.2. The number of pyridine rings is 1. The lowest BCUT2D eigenvalue weighted by Gasteiger charge is -2.13. The topological polar surface area (TPSA) is 49.9 Å². The maximum absolute atomic E-state index is 5.98. The second kappa shape index (κ2) is 7.05. The van der Waals surface area contributed by atoms with Crippen molar-refractivity contribution in [2.75, 3.05) is 0 Å². The first-order valence-electron chi connectivity index (χ1n) is 8.76. The minimum Gasteiger partial charge on any atom is -0.474 e. The highest BCUT2D eigenvalue weighted by molar-refractivity contribution is 5.82. The number of fused-ring (bicyclic) bond motifs is 1. The molecule has 2 aromatic heterocycles. The molecular formula is C20H23N3O. The molecule has 4 nitrogen and oxygen atoms in total. The summed E-state index contributed by atoms with van der Waals surface area (Å²) in [5.41, 5.74) is 3.70. The van der Waals surface area contributed by atoms with Crippen molar-refractivity contribution in [2.24, 2.45) is 0 Å². The lowest BCUT2D eigenvalue weighted by molar-refractivity contribution is 0.201. The van der Waals surface area contributed by atoms with Crippen LogP contribution in [0.3, 0.4) is 0 Å². The van der Waals surface area contributed by atoms with E-state index in [9.17, 15) is 0 Å². The third kappa shape index (κ3) is 3.44. The van der Waals surface area contributed by atoms with Gasteiger partial charge in [0, 0.05) is 42.5 Å². The van der Waals surface area contributed by atoms with Crippen molar-refractivity contribution in [3.63, 3.8) is 0 Å². The van der Waals surface area contributed by atoms with Gasteiger partial charge in [-0.1, -0.05) is 12.1 Å². The Morgan fingerprint density at radius 1 is 1.12 bits per heavy atom. The second-order valence-corrected chi connectivity index (χ2v) is 6.49. The van der Waals surface area contributed by atoms with Gasteiger partial charge in [0.15, 0.2) is 0 Å². The fourth-order valence-corrected chi connectivity index (χ4v) is 3.45. The van der Waals surface area contributed by atoms with Crippen molar-refractivity contribution in [3.05, 3.63) is 59.9 Å². The molecule has 0 spiro atoms. The minimum absolute atomic E-state index is 0.354. The number of hydrogen-bond donors (Lipinski definition) is 2. The predicted molar refractivity (Wildman–Crippen MR) is 96.0 cm³/mol. The van der Waals surface area contributed by atoms with E-state index < -0.39 is 0 Å². The summed E-state index contributed by atoms with van der Waals surface area (Å²) in [5, 5.41) is 4.81. The highest BCUT2D eigenvalue weighted by atomic mass is 16.5. The molecule has 1 aliphatic rings. The molecule has 3 aromatic rings. The number of H-pyrrole nitrogens is 1. The van der Waals surface area contributed by atoms with E-state index in [0.717, 1.165) is 31.8 Å². The number of hydrogen-bond acceptors (Lipinski definition) is 3. The van der Waals surface area contributed by atoms with Crippen molar-refractivity contribution in [2.45, 2.75) is 44.9 Å². The molecule has 2 heterocycles. The largest absolute Gasteiger partial charge is 0.474 e. The Morgan fingerprint density at radius 2 is 2.04 bits per heavy atom. The van der Waals surface area contributed by atoms with Crippen LogP contribution in [0.2, 0.25) is 0 Å². The van der Waals surface area contributed by atoms with E-state index in [-0.39, 0.29) is 0 Å². The summed E-state index contributed by atoms with van der Waals surface area (Å²) in [7, 11) is 0. The Morgan fingerprint density at radius 3 is 2.96 bits per heavy atom. The van der Waals surface area contributed by atoms with Crippen molar-refractivity contribution in [3.8, 4) is 5.88 Å². The molecule has 4 heteroatoms. The van der Waals surface area contributed by atoms with Gasteiger partial charge in [-0.15, -0.1) is 0 Å². The van der Waals surface area contributed by atoms with Crippen LogP contribution in [0, 0.1) is 0 Å². The monoisotopic (exact) mass is 321 g/mol. The highest BCUT2D eigenvalue weighted by Gasteiger charge is 2.16.